The third-order valence-electron chi connectivity index (χ3n) is 6.64. The molecule has 2 unspecified atom stereocenters. The van der Waals surface area contributed by atoms with Crippen molar-refractivity contribution in [1.29, 1.82) is 0 Å². The highest BCUT2D eigenvalue weighted by molar-refractivity contribution is 6.16. The number of fused-ring (bicyclic) bond motifs is 5. The Bertz CT molecular complexity index is 1330. The summed E-state index contributed by atoms with van der Waals surface area (Å²) >= 11 is 0. The number of carbonyl (C=O) groups is 2. The number of β-lactam (4-membered cyclic amide) rings is 1. The summed E-state index contributed by atoms with van der Waals surface area (Å²) in [6.45, 7) is 0.302. The molecule has 3 aromatic carbocycles. The van der Waals surface area contributed by atoms with Gasteiger partial charge in [-0.1, -0.05) is 30.3 Å². The van der Waals surface area contributed by atoms with Crippen LogP contribution in [0.15, 0.2) is 72.8 Å². The first kappa shape index (κ1) is 22.5. The second-order valence-electron chi connectivity index (χ2n) is 9.10. The van der Waals surface area contributed by atoms with E-state index in [1.165, 1.54) is 12.1 Å². The van der Waals surface area contributed by atoms with E-state index < -0.39 is 16.5 Å². The van der Waals surface area contributed by atoms with Crippen LogP contribution in [0.4, 0.5) is 22.7 Å². The number of nitro groups is 1. The Hall–Kier alpha value is -4.24. The van der Waals surface area contributed by atoms with Gasteiger partial charge in [-0.3, -0.25) is 24.6 Å². The molecule has 2 heterocycles. The van der Waals surface area contributed by atoms with Crippen LogP contribution in [-0.2, 0) is 15.3 Å². The van der Waals surface area contributed by atoms with E-state index in [-0.39, 0.29) is 17.5 Å². The zero-order valence-electron chi connectivity index (χ0n) is 19.6. The van der Waals surface area contributed by atoms with Gasteiger partial charge in [0.2, 0.25) is 11.8 Å². The summed E-state index contributed by atoms with van der Waals surface area (Å²) < 4.78 is 0. The van der Waals surface area contributed by atoms with Crippen LogP contribution in [-0.4, -0.2) is 49.3 Å². The highest BCUT2D eigenvalue weighted by Crippen LogP contribution is 2.62. The number of hydrogen-bond acceptors (Lipinski definition) is 6. The van der Waals surface area contributed by atoms with Gasteiger partial charge in [0.1, 0.15) is 5.92 Å². The molecule has 2 aliphatic rings. The molecular formula is C26H25N5O4. The molecule has 1 N–H and O–H groups in total. The Balaban J connectivity index is 1.50. The molecule has 9 heteroatoms. The Morgan fingerprint density at radius 3 is 2.37 bits per heavy atom. The third kappa shape index (κ3) is 3.43. The van der Waals surface area contributed by atoms with Crippen LogP contribution in [0, 0.1) is 10.1 Å². The van der Waals surface area contributed by atoms with Gasteiger partial charge >= 0.3 is 0 Å². The average molecular weight is 472 g/mol. The smallest absolute Gasteiger partial charge is 0.269 e. The van der Waals surface area contributed by atoms with E-state index in [1.54, 1.807) is 22.9 Å². The Morgan fingerprint density at radius 1 is 1.06 bits per heavy atom. The number of carbonyl (C=O) groups excluding carboxylic acids is 2. The fourth-order valence-corrected chi connectivity index (χ4v) is 5.00. The number of anilines is 3. The van der Waals surface area contributed by atoms with E-state index in [1.807, 2.05) is 73.6 Å². The van der Waals surface area contributed by atoms with Gasteiger partial charge in [-0.2, -0.15) is 0 Å². The first-order valence-electron chi connectivity index (χ1n) is 11.2. The summed E-state index contributed by atoms with van der Waals surface area (Å²) in [6, 6.07) is 21.6. The van der Waals surface area contributed by atoms with Crippen molar-refractivity contribution in [2.45, 2.75) is 11.6 Å². The predicted octanol–water partition coefficient (Wildman–Crippen LogP) is 3.53. The molecule has 178 valence electrons. The number of benzene rings is 3. The van der Waals surface area contributed by atoms with Gasteiger partial charge in [-0.25, -0.2) is 0 Å². The van der Waals surface area contributed by atoms with Gasteiger partial charge < -0.3 is 15.1 Å². The van der Waals surface area contributed by atoms with Crippen molar-refractivity contribution >= 4 is 34.6 Å². The van der Waals surface area contributed by atoms with E-state index in [0.717, 1.165) is 16.9 Å². The minimum Gasteiger partial charge on any atom is -0.358 e. The van der Waals surface area contributed by atoms with Crippen molar-refractivity contribution in [3.05, 3.63) is 94.0 Å². The largest absolute Gasteiger partial charge is 0.358 e. The lowest BCUT2D eigenvalue weighted by Crippen LogP contribution is -2.67. The summed E-state index contributed by atoms with van der Waals surface area (Å²) in [5, 5.41) is 14.9. The van der Waals surface area contributed by atoms with Crippen LogP contribution in [0.5, 0.6) is 0 Å². The molecule has 2 amide bonds. The van der Waals surface area contributed by atoms with Crippen LogP contribution in [0.3, 0.4) is 0 Å². The van der Waals surface area contributed by atoms with Crippen molar-refractivity contribution < 1.29 is 14.5 Å². The number of nitrogens with one attached hydrogen (secondary N) is 1. The summed E-state index contributed by atoms with van der Waals surface area (Å²) in [6.07, 6.45) is 0. The Kier molecular flexibility index (Phi) is 5.29. The maximum atomic E-state index is 13.1. The molecule has 1 fully saturated rings. The fourth-order valence-electron chi connectivity index (χ4n) is 5.00. The molecule has 0 saturated carbocycles. The lowest BCUT2D eigenvalue weighted by atomic mass is 9.76. The summed E-state index contributed by atoms with van der Waals surface area (Å²) in [5.74, 6) is -0.714. The number of likely N-dealkylation sites (N-methyl/N-ethyl adjacent to an activating group) is 2. The molecule has 2 aliphatic heterocycles. The first-order chi connectivity index (χ1) is 16.7. The zero-order chi connectivity index (χ0) is 24.9. The van der Waals surface area contributed by atoms with Crippen molar-refractivity contribution in [2.75, 3.05) is 42.8 Å². The molecule has 5 rings (SSSR count). The van der Waals surface area contributed by atoms with Crippen LogP contribution in [0.2, 0.25) is 0 Å². The molecule has 2 bridgehead atoms. The van der Waals surface area contributed by atoms with Crippen LogP contribution < -0.4 is 15.1 Å². The maximum Gasteiger partial charge on any atom is 0.269 e. The topological polar surface area (TPSA) is 99.0 Å². The quantitative estimate of drug-likeness (QED) is 0.322. The number of nitro benzene ring substituents is 1. The third-order valence-corrected chi connectivity index (χ3v) is 6.64. The van der Waals surface area contributed by atoms with Crippen molar-refractivity contribution in [2.24, 2.45) is 0 Å². The predicted molar refractivity (Wildman–Crippen MR) is 133 cm³/mol. The van der Waals surface area contributed by atoms with Gasteiger partial charge in [-0.05, 0) is 55.6 Å². The van der Waals surface area contributed by atoms with E-state index in [9.17, 15) is 19.7 Å². The highest BCUT2D eigenvalue weighted by Gasteiger charge is 2.68. The molecule has 3 aromatic rings. The summed E-state index contributed by atoms with van der Waals surface area (Å²) in [7, 11) is 5.43. The fraction of sp³-hybridized carbons (Fsp3) is 0.231. The molecular weight excluding hydrogens is 446 g/mol. The minimum atomic E-state index is -0.899. The summed E-state index contributed by atoms with van der Waals surface area (Å²) in [5.41, 5.74) is 2.77. The van der Waals surface area contributed by atoms with Crippen LogP contribution in [0.1, 0.15) is 17.0 Å². The molecule has 2 atom stereocenters. The van der Waals surface area contributed by atoms with E-state index >= 15 is 0 Å². The molecule has 35 heavy (non-hydrogen) atoms. The van der Waals surface area contributed by atoms with Crippen LogP contribution in [0.25, 0.3) is 0 Å². The van der Waals surface area contributed by atoms with Gasteiger partial charge in [0.05, 0.1) is 17.2 Å². The normalized spacial score (nSPS) is 19.8. The van der Waals surface area contributed by atoms with Gasteiger partial charge in [-0.15, -0.1) is 0 Å². The second kappa shape index (κ2) is 8.21. The van der Waals surface area contributed by atoms with E-state index in [4.69, 9.17) is 0 Å². The monoisotopic (exact) mass is 471 g/mol. The molecule has 9 nitrogen and oxygen atoms in total. The number of nitrogens with zero attached hydrogens (tertiary/aromatic N) is 4. The standard InChI is InChI=1S/C26H25N5O4/c1-28(2)16-23(32)29(3)19-11-9-18(10-12-19)27-26(17-7-5-4-6-8-17)24-21-15-20(31(34)35)13-14-22(21)30(26)25(24)33/h4-15,24,27H,16H2,1-3H3. The molecule has 1 saturated heterocycles. The Morgan fingerprint density at radius 2 is 1.74 bits per heavy atom. The van der Waals surface area contributed by atoms with E-state index in [0.29, 0.717) is 17.8 Å². The van der Waals surface area contributed by atoms with Gasteiger partial charge in [0.25, 0.3) is 5.69 Å². The van der Waals surface area contributed by atoms with Crippen molar-refractivity contribution in [3.8, 4) is 0 Å². The lowest BCUT2D eigenvalue weighted by Gasteiger charge is -2.52. The maximum absolute atomic E-state index is 13.1. The van der Waals surface area contributed by atoms with Crippen molar-refractivity contribution in [1.82, 2.24) is 4.90 Å². The lowest BCUT2D eigenvalue weighted by molar-refractivity contribution is -0.384. The zero-order valence-corrected chi connectivity index (χ0v) is 19.6. The number of amides is 2. The molecule has 0 radical (unpaired) electrons. The average Bonchev–Trinajstić information content (AvgIpc) is 3.32. The SMILES string of the molecule is CN(C)CC(=O)N(C)c1ccc(NC2(c3ccccc3)C3C(=O)N2c2ccc([N+](=O)[O-])cc23)cc1. The van der Waals surface area contributed by atoms with Crippen molar-refractivity contribution in [3.63, 3.8) is 0 Å². The highest BCUT2D eigenvalue weighted by atomic mass is 16.6. The first-order valence-corrected chi connectivity index (χ1v) is 11.2. The van der Waals surface area contributed by atoms with Gasteiger partial charge in [0.15, 0.2) is 5.66 Å². The number of non-ortho nitro benzene ring substituents is 1. The summed E-state index contributed by atoms with van der Waals surface area (Å²) in [4.78, 5) is 41.6. The van der Waals surface area contributed by atoms with Crippen LogP contribution >= 0.6 is 0 Å². The Labute approximate surface area is 202 Å². The van der Waals surface area contributed by atoms with E-state index in [2.05, 4.69) is 5.32 Å². The molecule has 0 aliphatic carbocycles. The minimum absolute atomic E-state index is 0.0257. The number of hydrogen-bond donors (Lipinski definition) is 1. The van der Waals surface area contributed by atoms with Gasteiger partial charge in [0, 0.05) is 30.6 Å². The number of rotatable bonds is 7. The molecule has 0 aromatic heterocycles. The second-order valence-corrected chi connectivity index (χ2v) is 9.10. The molecule has 0 spiro atoms.